The normalized spacial score (nSPS) is 13.2. The predicted octanol–water partition coefficient (Wildman–Crippen LogP) is 7.63. The molecule has 6 aromatic carbocycles. The van der Waals surface area contributed by atoms with Crippen molar-refractivity contribution in [1.82, 2.24) is 0 Å². The monoisotopic (exact) mass is 1340 g/mol. The third kappa shape index (κ3) is 17.2. The quantitative estimate of drug-likeness (QED) is 0.0151. The Morgan fingerprint density at radius 3 is 1.14 bits per heavy atom. The van der Waals surface area contributed by atoms with Gasteiger partial charge >= 0.3 is 0 Å². The van der Waals surface area contributed by atoms with E-state index in [1.807, 2.05) is 0 Å². The number of halogens is 2. The number of amides is 2. The van der Waals surface area contributed by atoms with Crippen LogP contribution in [0, 0.1) is 0 Å². The Labute approximate surface area is 487 Å². The number of hydrogen-bond donors (Lipinski definition) is 9. The summed E-state index contributed by atoms with van der Waals surface area (Å²) in [5, 5.41) is 48.0. The van der Waals surface area contributed by atoms with Crippen LogP contribution in [0.4, 0.5) is 45.5 Å². The summed E-state index contributed by atoms with van der Waals surface area (Å²) in [6, 6.07) is 11.3. The number of rotatable bonds is 25. The van der Waals surface area contributed by atoms with E-state index < -0.39 is 198 Å². The minimum atomic E-state index is -5.47. The van der Waals surface area contributed by atoms with Gasteiger partial charge in [0.15, 0.2) is 31.2 Å². The smallest absolute Gasteiger partial charge is 0.296 e. The van der Waals surface area contributed by atoms with Gasteiger partial charge in [0.05, 0.1) is 61.2 Å². The number of carbonyl (C=O) groups is 2. The second kappa shape index (κ2) is 25.8. The van der Waals surface area contributed by atoms with Gasteiger partial charge in [-0.15, -0.1) is 38.5 Å². The number of azo groups is 3. The van der Waals surface area contributed by atoms with Gasteiger partial charge in [-0.2, -0.15) is 57.4 Å². The lowest BCUT2D eigenvalue weighted by Crippen LogP contribution is -2.17. The van der Waals surface area contributed by atoms with E-state index in [2.05, 4.69) is 41.3 Å². The van der Waals surface area contributed by atoms with E-state index in [1.165, 1.54) is 24.3 Å². The highest BCUT2D eigenvalue weighted by Gasteiger charge is 2.29. The van der Waals surface area contributed by atoms with Crippen molar-refractivity contribution in [1.29, 1.82) is 0 Å². The number of anilines is 2. The maximum atomic E-state index is 13.0. The van der Waals surface area contributed by atoms with E-state index in [4.69, 9.17) is 23.2 Å². The molecule has 0 aliphatic rings. The number of nitrogens with zero attached hydrogens (tertiary/aromatic N) is 6. The number of nitrogens with one attached hydrogen (secondary N) is 2. The van der Waals surface area contributed by atoms with Crippen molar-refractivity contribution < 1.29 is 101 Å². The number of aromatic hydroxyl groups is 2. The van der Waals surface area contributed by atoms with Crippen molar-refractivity contribution in [2.24, 2.45) is 30.7 Å². The van der Waals surface area contributed by atoms with E-state index in [0.29, 0.717) is 42.5 Å². The van der Waals surface area contributed by atoms with Gasteiger partial charge in [0.2, 0.25) is 11.8 Å². The molecule has 0 aliphatic heterocycles. The third-order valence-corrected chi connectivity index (χ3v) is 19.9. The van der Waals surface area contributed by atoms with Crippen LogP contribution in [0.25, 0.3) is 21.5 Å². The lowest BCUT2D eigenvalue weighted by atomic mass is 10.1. The van der Waals surface area contributed by atoms with E-state index in [0.717, 1.165) is 12.1 Å². The van der Waals surface area contributed by atoms with Crippen LogP contribution in [0.15, 0.2) is 134 Å². The zero-order valence-electron chi connectivity index (χ0n) is 42.0. The van der Waals surface area contributed by atoms with E-state index in [1.54, 1.807) is 0 Å². The summed E-state index contributed by atoms with van der Waals surface area (Å²) >= 11 is 11.0. The van der Waals surface area contributed by atoms with Gasteiger partial charge in [-0.25, -0.2) is 16.8 Å². The van der Waals surface area contributed by atoms with Gasteiger partial charge in [-0.1, -0.05) is 0 Å². The molecule has 84 heavy (non-hydrogen) atoms. The Morgan fingerprint density at radius 1 is 0.417 bits per heavy atom. The second-order valence-electron chi connectivity index (χ2n) is 17.4. The standard InChI is InChI=1S/C44H42Cl2N8O23S7/c45-11-15-78(59,60)13-1-3-37(55)47-32-22-29(80(63,64)65)17-24-19-35(83(72,73)74)41(43(57)39(24)32)53-50-27-7-5-26(6-8-27)49-51-28-9-10-31(34(21-28)82(69,70)71)52-54-42-36(84(75,76)77)20-25-18-30(81(66,67)68)23-33(40(25)44(42)58)48-38(56)4-2-14-79(61,62)16-12-46/h5-10,17-23,57-58H,1-4,11-16H2,(H,47,55)(H,48,56)(H,63,64,65)(H,66,67,68)(H,69,70,71)(H,72,73,74)(H,75,76,77). The van der Waals surface area contributed by atoms with Crippen LogP contribution in [0.1, 0.15) is 25.7 Å². The minimum Gasteiger partial charge on any atom is -0.505 e. The molecule has 6 rings (SSSR count). The van der Waals surface area contributed by atoms with Crippen LogP contribution in [0.3, 0.4) is 0 Å². The summed E-state index contributed by atoms with van der Waals surface area (Å²) in [5.41, 5.74) is -4.46. The highest BCUT2D eigenvalue weighted by atomic mass is 35.5. The van der Waals surface area contributed by atoms with Crippen molar-refractivity contribution in [3.8, 4) is 11.5 Å². The van der Waals surface area contributed by atoms with Gasteiger partial charge < -0.3 is 20.8 Å². The molecule has 0 bridgehead atoms. The SMILES string of the molecule is O=C(CCCS(=O)(=O)CCCl)Nc1cc(S(=O)(=O)O)cc2cc(S(=O)(=O)O)c(N=Nc3ccc(N=Nc4ccc(N=Nc5c(S(=O)(=O)O)cc6cc(S(=O)(=O)O)cc(NC(=O)CCCS(=O)(=O)CCCl)c6c5O)c(S(=O)(=O)O)c4)cc3)c(O)c12. The summed E-state index contributed by atoms with van der Waals surface area (Å²) in [4.78, 5) is 20.6. The summed E-state index contributed by atoms with van der Waals surface area (Å²) in [5.74, 6) is -6.39. The Morgan fingerprint density at radius 2 is 0.774 bits per heavy atom. The van der Waals surface area contributed by atoms with E-state index in [-0.39, 0.29) is 47.4 Å². The second-order valence-corrected chi connectivity index (χ2v) is 29.8. The van der Waals surface area contributed by atoms with Crippen LogP contribution < -0.4 is 10.6 Å². The summed E-state index contributed by atoms with van der Waals surface area (Å²) in [6.07, 6.45) is -1.48. The van der Waals surface area contributed by atoms with Gasteiger partial charge in [0, 0.05) is 35.4 Å². The molecule has 6 aromatic rings. The first-order valence-corrected chi connectivity index (χ1v) is 34.9. The van der Waals surface area contributed by atoms with Crippen LogP contribution in [0.5, 0.6) is 11.5 Å². The fraction of sp³-hybridized carbons (Fsp3) is 0.227. The van der Waals surface area contributed by atoms with Crippen LogP contribution in [0.2, 0.25) is 0 Å². The van der Waals surface area contributed by atoms with Crippen LogP contribution >= 0.6 is 23.2 Å². The molecule has 9 N–H and O–H groups in total. The molecule has 0 fully saturated rings. The summed E-state index contributed by atoms with van der Waals surface area (Å²) in [6.45, 7) is 0. The van der Waals surface area contributed by atoms with Crippen LogP contribution in [-0.4, -0.2) is 138 Å². The molecule has 0 heterocycles. The molecule has 0 atom stereocenters. The molecule has 31 nitrogen and oxygen atoms in total. The molecule has 0 unspecified atom stereocenters. The zero-order valence-corrected chi connectivity index (χ0v) is 49.3. The van der Waals surface area contributed by atoms with E-state index >= 15 is 0 Å². The molecule has 0 radical (unpaired) electrons. The highest BCUT2D eigenvalue weighted by Crippen LogP contribution is 2.47. The van der Waals surface area contributed by atoms with Crippen molar-refractivity contribution in [2.45, 2.75) is 50.2 Å². The van der Waals surface area contributed by atoms with Gasteiger partial charge in [0.25, 0.3) is 50.6 Å². The largest absolute Gasteiger partial charge is 0.505 e. The molecule has 0 saturated carbocycles. The number of fused-ring (bicyclic) bond motifs is 2. The third-order valence-electron chi connectivity index (χ3n) is 11.3. The van der Waals surface area contributed by atoms with Crippen LogP contribution in [-0.2, 0) is 79.9 Å². The Kier molecular flexibility index (Phi) is 20.4. The number of phenolic OH excluding ortho intramolecular Hbond substituents is 2. The van der Waals surface area contributed by atoms with Crippen molar-refractivity contribution in [2.75, 3.05) is 45.4 Å². The lowest BCUT2D eigenvalue weighted by Gasteiger charge is -2.15. The van der Waals surface area contributed by atoms with Crippen molar-refractivity contribution >= 4 is 172 Å². The first-order chi connectivity index (χ1) is 38.8. The maximum absolute atomic E-state index is 13.0. The van der Waals surface area contributed by atoms with Gasteiger partial charge in [-0.3, -0.25) is 32.4 Å². The van der Waals surface area contributed by atoms with Crippen molar-refractivity contribution in [3.63, 3.8) is 0 Å². The predicted molar refractivity (Wildman–Crippen MR) is 300 cm³/mol. The zero-order chi connectivity index (χ0) is 62.5. The molecule has 452 valence electrons. The molecular weight excluding hydrogens is 1300 g/mol. The average molecular weight is 1350 g/mol. The lowest BCUT2D eigenvalue weighted by molar-refractivity contribution is -0.117. The Balaban J connectivity index is 1.31. The molecular formula is C44H42Cl2N8O23S7. The minimum absolute atomic E-state index is 0.0102. The summed E-state index contributed by atoms with van der Waals surface area (Å²) in [7, 11) is -33.6. The molecule has 2 amide bonds. The number of phenols is 2. The highest BCUT2D eigenvalue weighted by molar-refractivity contribution is 7.91. The number of alkyl halides is 2. The first kappa shape index (κ1) is 66.4. The number of carbonyl (C=O) groups excluding carboxylic acids is 2. The average Bonchev–Trinajstić information content (AvgIpc) is 0.947. The summed E-state index contributed by atoms with van der Waals surface area (Å²) < 4.78 is 223. The first-order valence-electron chi connectivity index (χ1n) is 23.0. The molecule has 0 aliphatic carbocycles. The maximum Gasteiger partial charge on any atom is 0.296 e. The molecule has 0 spiro atoms. The molecule has 0 aromatic heterocycles. The fourth-order valence-corrected chi connectivity index (χ4v) is 14.0. The Bertz CT molecular complexity index is 4590. The topological polar surface area (TPSA) is 513 Å². The molecule has 0 saturated heterocycles. The fourth-order valence-electron chi connectivity index (χ4n) is 7.54. The van der Waals surface area contributed by atoms with Crippen molar-refractivity contribution in [3.05, 3.63) is 78.9 Å². The van der Waals surface area contributed by atoms with E-state index in [9.17, 15) is 101 Å². The van der Waals surface area contributed by atoms with Gasteiger partial charge in [0.1, 0.15) is 31.7 Å². The van der Waals surface area contributed by atoms with Gasteiger partial charge in [-0.05, 0) is 102 Å². The number of hydrogen-bond acceptors (Lipinski definition) is 24. The number of sulfone groups is 2. The number of benzene rings is 6. The molecule has 40 heteroatoms. The Hall–Kier alpha value is -6.79.